The molecule has 3 rings (SSSR count). The molecule has 0 radical (unpaired) electrons. The van der Waals surface area contributed by atoms with Crippen LogP contribution in [0.1, 0.15) is 54.2 Å². The molecule has 0 saturated carbocycles. The van der Waals surface area contributed by atoms with Crippen molar-refractivity contribution in [3.63, 3.8) is 0 Å². The molecule has 2 aromatic rings. The highest BCUT2D eigenvalue weighted by molar-refractivity contribution is 5.91. The molecule has 1 aliphatic heterocycles. The lowest BCUT2D eigenvalue weighted by Gasteiger charge is -2.31. The topological polar surface area (TPSA) is 74.2 Å². The van der Waals surface area contributed by atoms with Gasteiger partial charge in [0.1, 0.15) is 5.76 Å². The minimum atomic E-state index is -0.165. The second-order valence-corrected chi connectivity index (χ2v) is 6.06. The number of aromatic amines is 1. The Kier molecular flexibility index (Phi) is 5.12. The number of carbonyl (C=O) groups is 1. The van der Waals surface area contributed by atoms with Gasteiger partial charge in [0.15, 0.2) is 5.76 Å². The molecule has 1 amide bonds. The maximum atomic E-state index is 12.1. The van der Waals surface area contributed by atoms with Gasteiger partial charge in [0.2, 0.25) is 0 Å². The lowest BCUT2D eigenvalue weighted by molar-refractivity contribution is 0.0917. The van der Waals surface area contributed by atoms with E-state index in [1.54, 1.807) is 18.6 Å². The highest BCUT2D eigenvalue weighted by Gasteiger charge is 2.22. The smallest absolute Gasteiger partial charge is 0.287 e. The molecular weight excluding hydrogens is 292 g/mol. The van der Waals surface area contributed by atoms with E-state index in [1.165, 1.54) is 19.3 Å². The highest BCUT2D eigenvalue weighted by Crippen LogP contribution is 2.25. The largest absolute Gasteiger partial charge is 0.454 e. The number of aromatic nitrogens is 2. The van der Waals surface area contributed by atoms with Gasteiger partial charge in [-0.15, -0.1) is 0 Å². The predicted octanol–water partition coefficient (Wildman–Crippen LogP) is 2.52. The van der Waals surface area contributed by atoms with Crippen LogP contribution >= 0.6 is 0 Å². The molecule has 1 atom stereocenters. The minimum Gasteiger partial charge on any atom is -0.454 e. The van der Waals surface area contributed by atoms with Crippen LogP contribution in [0.4, 0.5) is 0 Å². The third-order valence-electron chi connectivity index (χ3n) is 4.44. The van der Waals surface area contributed by atoms with Gasteiger partial charge >= 0.3 is 0 Å². The molecule has 6 heteroatoms. The van der Waals surface area contributed by atoms with Crippen LogP contribution in [0.3, 0.4) is 0 Å². The quantitative estimate of drug-likeness (QED) is 0.859. The van der Waals surface area contributed by atoms with E-state index in [9.17, 15) is 4.79 Å². The normalized spacial score (nSPS) is 17.1. The molecule has 0 aliphatic carbocycles. The molecule has 23 heavy (non-hydrogen) atoms. The molecule has 1 saturated heterocycles. The fourth-order valence-electron chi connectivity index (χ4n) is 3.00. The number of hydrogen-bond donors (Lipinski definition) is 2. The third-order valence-corrected chi connectivity index (χ3v) is 4.44. The van der Waals surface area contributed by atoms with E-state index in [-0.39, 0.29) is 11.9 Å². The van der Waals surface area contributed by atoms with Crippen LogP contribution in [0.2, 0.25) is 0 Å². The molecule has 0 unspecified atom stereocenters. The van der Waals surface area contributed by atoms with Crippen LogP contribution in [-0.4, -0.2) is 40.4 Å². The summed E-state index contributed by atoms with van der Waals surface area (Å²) < 4.78 is 5.77. The Morgan fingerprint density at radius 3 is 2.96 bits per heavy atom. The standard InChI is InChI=1S/C17H24N4O2/c1-13(21-9-3-2-4-10-21)15-5-6-16(23-15)17(22)19-8-7-14-11-18-12-20-14/h5-6,11-13H,2-4,7-10H2,1H3,(H,18,20)(H,19,22)/t13-/m1/s1. The zero-order valence-corrected chi connectivity index (χ0v) is 13.5. The number of piperidine rings is 1. The van der Waals surface area contributed by atoms with Crippen molar-refractivity contribution in [2.45, 2.75) is 38.6 Å². The van der Waals surface area contributed by atoms with Gasteiger partial charge in [-0.05, 0) is 45.0 Å². The van der Waals surface area contributed by atoms with Crippen LogP contribution in [0.5, 0.6) is 0 Å². The van der Waals surface area contributed by atoms with Gasteiger partial charge in [0.25, 0.3) is 5.91 Å². The summed E-state index contributed by atoms with van der Waals surface area (Å²) in [6.07, 6.45) is 7.92. The van der Waals surface area contributed by atoms with Gasteiger partial charge in [0, 0.05) is 24.9 Å². The minimum absolute atomic E-state index is 0.165. The summed E-state index contributed by atoms with van der Waals surface area (Å²) in [5.41, 5.74) is 1.00. The van der Waals surface area contributed by atoms with E-state index < -0.39 is 0 Å². The average molecular weight is 316 g/mol. The molecular formula is C17H24N4O2. The molecule has 0 bridgehead atoms. The number of hydrogen-bond acceptors (Lipinski definition) is 4. The fourth-order valence-corrected chi connectivity index (χ4v) is 3.00. The van der Waals surface area contributed by atoms with E-state index in [0.29, 0.717) is 12.3 Å². The second-order valence-electron chi connectivity index (χ2n) is 6.06. The van der Waals surface area contributed by atoms with Gasteiger partial charge in [-0.2, -0.15) is 0 Å². The monoisotopic (exact) mass is 316 g/mol. The number of amides is 1. The number of imidazole rings is 1. The van der Waals surface area contributed by atoms with Gasteiger partial charge in [0.05, 0.1) is 12.4 Å². The molecule has 1 aliphatic rings. The summed E-state index contributed by atoms with van der Waals surface area (Å²) in [4.78, 5) is 21.5. The zero-order chi connectivity index (χ0) is 16.1. The molecule has 124 valence electrons. The Balaban J connectivity index is 1.52. The summed E-state index contributed by atoms with van der Waals surface area (Å²) in [7, 11) is 0. The first-order chi connectivity index (χ1) is 11.2. The number of H-pyrrole nitrogens is 1. The Hall–Kier alpha value is -2.08. The van der Waals surface area contributed by atoms with Crippen LogP contribution in [0.15, 0.2) is 29.1 Å². The lowest BCUT2D eigenvalue weighted by Crippen LogP contribution is -2.32. The van der Waals surface area contributed by atoms with E-state index >= 15 is 0 Å². The van der Waals surface area contributed by atoms with E-state index in [4.69, 9.17) is 4.42 Å². The molecule has 6 nitrogen and oxygen atoms in total. The van der Waals surface area contributed by atoms with Gasteiger partial charge in [-0.1, -0.05) is 6.42 Å². The van der Waals surface area contributed by atoms with Gasteiger partial charge in [-0.3, -0.25) is 9.69 Å². The van der Waals surface area contributed by atoms with Crippen molar-refractivity contribution in [3.8, 4) is 0 Å². The van der Waals surface area contributed by atoms with Crippen molar-refractivity contribution in [2.75, 3.05) is 19.6 Å². The Bertz CT molecular complexity index is 614. The van der Waals surface area contributed by atoms with Gasteiger partial charge in [-0.25, -0.2) is 4.98 Å². The summed E-state index contributed by atoms with van der Waals surface area (Å²) in [5.74, 6) is 1.08. The second kappa shape index (κ2) is 7.46. The van der Waals surface area contributed by atoms with Crippen molar-refractivity contribution in [3.05, 3.63) is 41.9 Å². The number of carbonyl (C=O) groups excluding carboxylic acids is 1. The van der Waals surface area contributed by atoms with Crippen LogP contribution in [0, 0.1) is 0 Å². The number of likely N-dealkylation sites (tertiary alicyclic amines) is 1. The van der Waals surface area contributed by atoms with E-state index in [2.05, 4.69) is 27.1 Å². The van der Waals surface area contributed by atoms with Crippen LogP contribution in [-0.2, 0) is 6.42 Å². The maximum absolute atomic E-state index is 12.1. The SMILES string of the molecule is C[C@H](c1ccc(C(=O)NCCc2cnc[nH]2)o1)N1CCCCC1. The first-order valence-electron chi connectivity index (χ1n) is 8.33. The average Bonchev–Trinajstić information content (AvgIpc) is 3.26. The summed E-state index contributed by atoms with van der Waals surface area (Å²) >= 11 is 0. The maximum Gasteiger partial charge on any atom is 0.287 e. The van der Waals surface area contributed by atoms with Crippen LogP contribution in [0.25, 0.3) is 0 Å². The van der Waals surface area contributed by atoms with Gasteiger partial charge < -0.3 is 14.7 Å². The number of nitrogens with one attached hydrogen (secondary N) is 2. The lowest BCUT2D eigenvalue weighted by atomic mass is 10.1. The number of nitrogens with zero attached hydrogens (tertiary/aromatic N) is 2. The Labute approximate surface area is 136 Å². The summed E-state index contributed by atoms with van der Waals surface area (Å²) in [6, 6.07) is 3.91. The molecule has 1 fully saturated rings. The summed E-state index contributed by atoms with van der Waals surface area (Å²) in [5, 5.41) is 2.87. The van der Waals surface area contributed by atoms with E-state index in [1.807, 2.05) is 6.07 Å². The van der Waals surface area contributed by atoms with Crippen molar-refractivity contribution in [1.82, 2.24) is 20.2 Å². The first-order valence-corrected chi connectivity index (χ1v) is 8.33. The first kappa shape index (κ1) is 15.8. The Morgan fingerprint density at radius 2 is 2.22 bits per heavy atom. The van der Waals surface area contributed by atoms with Crippen molar-refractivity contribution in [1.29, 1.82) is 0 Å². The third kappa shape index (κ3) is 4.01. The number of furan rings is 1. The van der Waals surface area contributed by atoms with Crippen LogP contribution < -0.4 is 5.32 Å². The fraction of sp³-hybridized carbons (Fsp3) is 0.529. The molecule has 3 heterocycles. The molecule has 2 aromatic heterocycles. The Morgan fingerprint density at radius 1 is 1.39 bits per heavy atom. The van der Waals surface area contributed by atoms with Crippen molar-refractivity contribution < 1.29 is 9.21 Å². The molecule has 0 aromatic carbocycles. The number of rotatable bonds is 6. The van der Waals surface area contributed by atoms with E-state index in [0.717, 1.165) is 31.0 Å². The molecule has 0 spiro atoms. The van der Waals surface area contributed by atoms with Crippen molar-refractivity contribution in [2.24, 2.45) is 0 Å². The zero-order valence-electron chi connectivity index (χ0n) is 13.5. The molecule has 2 N–H and O–H groups in total. The predicted molar refractivity (Wildman–Crippen MR) is 87.2 cm³/mol. The summed E-state index contributed by atoms with van der Waals surface area (Å²) in [6.45, 7) is 4.91. The van der Waals surface area contributed by atoms with Crippen molar-refractivity contribution >= 4 is 5.91 Å². The highest BCUT2D eigenvalue weighted by atomic mass is 16.4.